The van der Waals surface area contributed by atoms with Crippen molar-refractivity contribution in [3.8, 4) is 5.75 Å². The van der Waals surface area contributed by atoms with Gasteiger partial charge in [0.05, 0.1) is 31.7 Å². The number of morpholine rings is 1. The molecule has 3 rings (SSSR count). The van der Waals surface area contributed by atoms with Gasteiger partial charge in [0.2, 0.25) is 11.8 Å². The number of rotatable bonds is 6. The molecular weight excluding hydrogens is 350 g/mol. The van der Waals surface area contributed by atoms with Crippen molar-refractivity contribution in [1.82, 2.24) is 15.1 Å². The van der Waals surface area contributed by atoms with E-state index in [1.807, 2.05) is 6.92 Å². The molecule has 0 radical (unpaired) electrons. The first-order valence-electron chi connectivity index (χ1n) is 8.67. The smallest absolute Gasteiger partial charge is 0.246 e. The number of hydrogen-bond donors (Lipinski definition) is 3. The number of hydrogen-bond acceptors (Lipinski definition) is 6. The second-order valence-electron chi connectivity index (χ2n) is 6.20. The van der Waals surface area contributed by atoms with Crippen molar-refractivity contribution in [2.75, 3.05) is 30.9 Å². The van der Waals surface area contributed by atoms with Gasteiger partial charge in [-0.05, 0) is 31.2 Å². The molecule has 0 saturated carbocycles. The van der Waals surface area contributed by atoms with Gasteiger partial charge in [0, 0.05) is 18.4 Å². The predicted octanol–water partition coefficient (Wildman–Crippen LogP) is 0.846. The van der Waals surface area contributed by atoms with Gasteiger partial charge in [0.25, 0.3) is 0 Å². The van der Waals surface area contributed by atoms with Crippen molar-refractivity contribution in [1.29, 1.82) is 0 Å². The first-order valence-corrected chi connectivity index (χ1v) is 8.67. The summed E-state index contributed by atoms with van der Waals surface area (Å²) in [5.41, 5.74) is 1.19. The van der Waals surface area contributed by atoms with E-state index < -0.39 is 6.04 Å². The van der Waals surface area contributed by atoms with Crippen LogP contribution in [0.15, 0.2) is 36.7 Å². The van der Waals surface area contributed by atoms with Crippen LogP contribution in [0.5, 0.6) is 5.75 Å². The number of carbonyl (C=O) groups is 2. The van der Waals surface area contributed by atoms with Crippen LogP contribution in [0.4, 0.5) is 11.4 Å². The van der Waals surface area contributed by atoms with Crippen molar-refractivity contribution in [2.24, 2.45) is 0 Å². The monoisotopic (exact) mass is 373 g/mol. The fourth-order valence-corrected chi connectivity index (χ4v) is 2.78. The quantitative estimate of drug-likeness (QED) is 0.693. The average molecular weight is 373 g/mol. The van der Waals surface area contributed by atoms with Crippen LogP contribution < -0.4 is 20.7 Å². The molecule has 2 atom stereocenters. The Balaban J connectivity index is 1.52. The Morgan fingerprint density at radius 3 is 2.78 bits per heavy atom. The first-order chi connectivity index (χ1) is 13.0. The Morgan fingerprint density at radius 1 is 1.30 bits per heavy atom. The number of nitrogens with one attached hydrogen (secondary N) is 3. The second kappa shape index (κ2) is 8.65. The van der Waals surface area contributed by atoms with Crippen LogP contribution in [-0.2, 0) is 20.9 Å². The maximum Gasteiger partial charge on any atom is 0.246 e. The normalized spacial score (nSPS) is 19.3. The van der Waals surface area contributed by atoms with Gasteiger partial charge >= 0.3 is 0 Å². The van der Waals surface area contributed by atoms with Crippen molar-refractivity contribution in [2.45, 2.75) is 25.6 Å². The summed E-state index contributed by atoms with van der Waals surface area (Å²) in [7, 11) is 1.58. The molecule has 2 amide bonds. The lowest BCUT2D eigenvalue weighted by molar-refractivity contribution is -0.123. The molecule has 1 aliphatic heterocycles. The molecule has 0 unspecified atom stereocenters. The molecule has 1 aromatic carbocycles. The van der Waals surface area contributed by atoms with Crippen molar-refractivity contribution >= 4 is 23.2 Å². The first kappa shape index (κ1) is 18.9. The third-order valence-corrected chi connectivity index (χ3v) is 4.18. The minimum Gasteiger partial charge on any atom is -0.497 e. The summed E-state index contributed by atoms with van der Waals surface area (Å²) in [6.07, 6.45) is 2.91. The Hall–Kier alpha value is -2.91. The van der Waals surface area contributed by atoms with Crippen LogP contribution in [0.2, 0.25) is 0 Å². The van der Waals surface area contributed by atoms with E-state index in [4.69, 9.17) is 9.47 Å². The van der Waals surface area contributed by atoms with E-state index in [9.17, 15) is 9.59 Å². The van der Waals surface area contributed by atoms with Crippen LogP contribution in [0.3, 0.4) is 0 Å². The van der Waals surface area contributed by atoms with Crippen molar-refractivity contribution < 1.29 is 19.1 Å². The van der Waals surface area contributed by atoms with Gasteiger partial charge in [0.15, 0.2) is 0 Å². The molecule has 2 aromatic rings. The van der Waals surface area contributed by atoms with Gasteiger partial charge < -0.3 is 25.4 Å². The second-order valence-corrected chi connectivity index (χ2v) is 6.20. The van der Waals surface area contributed by atoms with E-state index >= 15 is 0 Å². The number of benzene rings is 1. The minimum atomic E-state index is -0.416. The molecule has 1 aromatic heterocycles. The molecule has 9 heteroatoms. The van der Waals surface area contributed by atoms with Crippen molar-refractivity contribution in [3.63, 3.8) is 0 Å². The molecule has 0 bridgehead atoms. The molecule has 0 aliphatic carbocycles. The van der Waals surface area contributed by atoms with Gasteiger partial charge in [0.1, 0.15) is 18.3 Å². The fraction of sp³-hybridized carbons (Fsp3) is 0.389. The number of nitrogens with zero attached hydrogens (tertiary/aromatic N) is 2. The number of carbonyl (C=O) groups excluding carboxylic acids is 2. The summed E-state index contributed by atoms with van der Waals surface area (Å²) in [5.74, 6) is 0.300. The van der Waals surface area contributed by atoms with E-state index in [1.165, 1.54) is 10.9 Å². The van der Waals surface area contributed by atoms with Gasteiger partial charge in [-0.15, -0.1) is 0 Å². The Morgan fingerprint density at radius 2 is 2.07 bits per heavy atom. The molecule has 3 N–H and O–H groups in total. The lowest BCUT2D eigenvalue weighted by Crippen LogP contribution is -2.53. The molecule has 27 heavy (non-hydrogen) atoms. The summed E-state index contributed by atoms with van der Waals surface area (Å²) in [5, 5.41) is 12.8. The highest BCUT2D eigenvalue weighted by Gasteiger charge is 2.28. The SMILES string of the molecule is COc1ccc(NC(=O)Cn2cc(NC(=O)[C@H]3NCCO[C@@H]3C)cn2)cc1. The molecular formula is C18H23N5O4. The third kappa shape index (κ3) is 5.05. The van der Waals surface area contributed by atoms with Crippen LogP contribution in [0.1, 0.15) is 6.92 Å². The van der Waals surface area contributed by atoms with E-state index in [1.54, 1.807) is 37.6 Å². The minimum absolute atomic E-state index is 0.0308. The van der Waals surface area contributed by atoms with Gasteiger partial charge in [-0.2, -0.15) is 5.10 Å². The molecule has 1 aliphatic rings. The summed E-state index contributed by atoms with van der Waals surface area (Å²) >= 11 is 0. The number of anilines is 2. The molecule has 144 valence electrons. The highest BCUT2D eigenvalue weighted by atomic mass is 16.5. The molecule has 1 fully saturated rings. The lowest BCUT2D eigenvalue weighted by atomic mass is 10.1. The number of aromatic nitrogens is 2. The highest BCUT2D eigenvalue weighted by molar-refractivity contribution is 5.95. The van der Waals surface area contributed by atoms with E-state index in [0.717, 1.165) is 0 Å². The maximum atomic E-state index is 12.3. The van der Waals surface area contributed by atoms with E-state index in [-0.39, 0.29) is 24.5 Å². The summed E-state index contributed by atoms with van der Waals surface area (Å²) in [6, 6.07) is 6.63. The zero-order valence-corrected chi connectivity index (χ0v) is 15.3. The van der Waals surface area contributed by atoms with Gasteiger partial charge in [-0.1, -0.05) is 0 Å². The molecule has 2 heterocycles. The summed E-state index contributed by atoms with van der Waals surface area (Å²) in [6.45, 7) is 3.10. The Kier molecular flexibility index (Phi) is 6.05. The average Bonchev–Trinajstić information content (AvgIpc) is 3.09. The third-order valence-electron chi connectivity index (χ3n) is 4.18. The topological polar surface area (TPSA) is 107 Å². The number of amides is 2. The van der Waals surface area contributed by atoms with Crippen LogP contribution in [-0.4, -0.2) is 54.0 Å². The van der Waals surface area contributed by atoms with Crippen LogP contribution in [0, 0.1) is 0 Å². The lowest BCUT2D eigenvalue weighted by Gasteiger charge is -2.29. The fourth-order valence-electron chi connectivity index (χ4n) is 2.78. The zero-order chi connectivity index (χ0) is 19.2. The van der Waals surface area contributed by atoms with Crippen molar-refractivity contribution in [3.05, 3.63) is 36.7 Å². The molecule has 9 nitrogen and oxygen atoms in total. The van der Waals surface area contributed by atoms with Crippen LogP contribution in [0.25, 0.3) is 0 Å². The summed E-state index contributed by atoms with van der Waals surface area (Å²) < 4.78 is 12.0. The molecule has 0 spiro atoms. The standard InChI is InChI=1S/C18H23N5O4/c1-12-17(19-7-8-27-12)18(25)22-14-9-20-23(10-14)11-16(24)21-13-3-5-15(26-2)6-4-13/h3-6,9-10,12,17,19H,7-8,11H2,1-2H3,(H,21,24)(H,22,25)/t12-,17+/m1/s1. The Labute approximate surface area is 157 Å². The largest absolute Gasteiger partial charge is 0.497 e. The molecule has 1 saturated heterocycles. The van der Waals surface area contributed by atoms with Crippen LogP contribution >= 0.6 is 0 Å². The van der Waals surface area contributed by atoms with E-state index in [0.29, 0.717) is 30.3 Å². The van der Waals surface area contributed by atoms with Gasteiger partial charge in [-0.25, -0.2) is 0 Å². The van der Waals surface area contributed by atoms with E-state index in [2.05, 4.69) is 21.0 Å². The predicted molar refractivity (Wildman–Crippen MR) is 99.7 cm³/mol. The maximum absolute atomic E-state index is 12.3. The highest BCUT2D eigenvalue weighted by Crippen LogP contribution is 2.15. The summed E-state index contributed by atoms with van der Waals surface area (Å²) in [4.78, 5) is 24.5. The van der Waals surface area contributed by atoms with Gasteiger partial charge in [-0.3, -0.25) is 14.3 Å². The number of ether oxygens (including phenoxy) is 2. The zero-order valence-electron chi connectivity index (χ0n) is 15.3. The Bertz CT molecular complexity index is 789. The number of methoxy groups -OCH3 is 1.